The van der Waals surface area contributed by atoms with Crippen molar-refractivity contribution in [3.8, 4) is 5.75 Å². The highest BCUT2D eigenvalue weighted by Crippen LogP contribution is 2.33. The summed E-state index contributed by atoms with van der Waals surface area (Å²) in [4.78, 5) is 23.7. The zero-order valence-corrected chi connectivity index (χ0v) is 10.9. The minimum atomic E-state index is -5.07. The standard InChI is InChI=1S/C7HClF3IN2O4/c8-5(15)2-1-3(14(16)17)13-6(12)4(2)18-7(9,10)11/h1H. The van der Waals surface area contributed by atoms with Crippen molar-refractivity contribution < 1.29 is 27.6 Å². The fourth-order valence-electron chi connectivity index (χ4n) is 0.942. The lowest BCUT2D eigenvalue weighted by Crippen LogP contribution is -2.20. The largest absolute Gasteiger partial charge is 0.573 e. The van der Waals surface area contributed by atoms with Crippen LogP contribution in [-0.4, -0.2) is 21.5 Å². The predicted octanol–water partition coefficient (Wildman–Crippen LogP) is 2.87. The number of hydrogen-bond acceptors (Lipinski definition) is 5. The molecular formula is C7HClF3IN2O4. The second-order valence-corrected chi connectivity index (χ2v) is 4.09. The summed E-state index contributed by atoms with van der Waals surface area (Å²) in [6.07, 6.45) is -5.07. The van der Waals surface area contributed by atoms with E-state index in [9.17, 15) is 28.1 Å². The molecule has 0 aliphatic carbocycles. The maximum absolute atomic E-state index is 12.1. The first kappa shape index (κ1) is 14.9. The number of alkyl halides is 3. The van der Waals surface area contributed by atoms with Crippen LogP contribution in [0.4, 0.5) is 19.0 Å². The number of halogens is 5. The van der Waals surface area contributed by atoms with E-state index in [-0.39, 0.29) is 0 Å². The summed E-state index contributed by atoms with van der Waals surface area (Å²) in [6, 6.07) is 0.512. The lowest BCUT2D eigenvalue weighted by molar-refractivity contribution is -0.389. The third-order valence-electron chi connectivity index (χ3n) is 1.53. The Kier molecular flexibility index (Phi) is 4.32. The Labute approximate surface area is 115 Å². The molecule has 98 valence electrons. The van der Waals surface area contributed by atoms with Crippen LogP contribution in [0.2, 0.25) is 0 Å². The molecular weight excluding hydrogens is 395 g/mol. The number of carbonyl (C=O) groups excluding carboxylic acids is 1. The molecule has 0 saturated carbocycles. The van der Waals surface area contributed by atoms with Gasteiger partial charge in [-0.1, -0.05) is 0 Å². The molecule has 0 aromatic carbocycles. The fraction of sp³-hybridized carbons (Fsp3) is 0.143. The van der Waals surface area contributed by atoms with Gasteiger partial charge < -0.3 is 14.9 Å². The first-order chi connectivity index (χ1) is 8.11. The molecule has 0 unspecified atom stereocenters. The van der Waals surface area contributed by atoms with Gasteiger partial charge in [0.05, 0.1) is 11.6 Å². The van der Waals surface area contributed by atoms with Gasteiger partial charge in [0, 0.05) is 22.6 Å². The summed E-state index contributed by atoms with van der Waals surface area (Å²) in [7, 11) is 0. The SMILES string of the molecule is O=C(Cl)c1cc([N+](=O)[O-])nc(I)c1OC(F)(F)F. The summed E-state index contributed by atoms with van der Waals surface area (Å²) >= 11 is 6.31. The van der Waals surface area contributed by atoms with Crippen LogP contribution in [-0.2, 0) is 0 Å². The van der Waals surface area contributed by atoms with Crippen LogP contribution in [0.15, 0.2) is 6.07 Å². The van der Waals surface area contributed by atoms with Gasteiger partial charge in [-0.05, 0) is 21.5 Å². The summed E-state index contributed by atoms with van der Waals surface area (Å²) in [5, 5.41) is 9.13. The number of aromatic nitrogens is 1. The zero-order valence-electron chi connectivity index (χ0n) is 7.99. The van der Waals surface area contributed by atoms with E-state index in [1.54, 1.807) is 0 Å². The van der Waals surface area contributed by atoms with Crippen molar-refractivity contribution in [2.24, 2.45) is 0 Å². The van der Waals surface area contributed by atoms with Crippen molar-refractivity contribution in [1.29, 1.82) is 0 Å². The molecule has 0 spiro atoms. The number of hydrogen-bond donors (Lipinski definition) is 0. The quantitative estimate of drug-likeness (QED) is 0.258. The lowest BCUT2D eigenvalue weighted by Gasteiger charge is -2.10. The van der Waals surface area contributed by atoms with Gasteiger partial charge in [0.25, 0.3) is 8.94 Å². The van der Waals surface area contributed by atoms with Crippen LogP contribution >= 0.6 is 34.2 Å². The van der Waals surface area contributed by atoms with Crippen molar-refractivity contribution in [2.75, 3.05) is 0 Å². The minimum Gasteiger partial charge on any atom is -0.400 e. The number of nitrogens with zero attached hydrogens (tertiary/aromatic N) is 2. The predicted molar refractivity (Wildman–Crippen MR) is 60.5 cm³/mol. The van der Waals surface area contributed by atoms with Gasteiger partial charge >= 0.3 is 12.2 Å². The molecule has 1 rings (SSSR count). The summed E-state index contributed by atoms with van der Waals surface area (Å²) in [5.41, 5.74) is -0.778. The van der Waals surface area contributed by atoms with Crippen LogP contribution in [0.3, 0.4) is 0 Å². The van der Waals surface area contributed by atoms with E-state index in [2.05, 4.69) is 9.72 Å². The van der Waals surface area contributed by atoms with Crippen LogP contribution in [0, 0.1) is 13.8 Å². The van der Waals surface area contributed by atoms with E-state index in [0.717, 1.165) is 0 Å². The first-order valence-electron chi connectivity index (χ1n) is 3.92. The highest BCUT2D eigenvalue weighted by molar-refractivity contribution is 14.1. The molecule has 0 atom stereocenters. The van der Waals surface area contributed by atoms with Crippen LogP contribution in [0.25, 0.3) is 0 Å². The maximum atomic E-state index is 12.1. The van der Waals surface area contributed by atoms with E-state index in [0.29, 0.717) is 6.07 Å². The first-order valence-corrected chi connectivity index (χ1v) is 5.38. The normalized spacial score (nSPS) is 11.2. The zero-order chi connectivity index (χ0) is 14.1. The molecule has 0 saturated heterocycles. The Morgan fingerprint density at radius 1 is 1.56 bits per heavy atom. The maximum Gasteiger partial charge on any atom is 0.573 e. The Balaban J connectivity index is 3.41. The second kappa shape index (κ2) is 5.22. The molecule has 18 heavy (non-hydrogen) atoms. The molecule has 1 aromatic heterocycles. The van der Waals surface area contributed by atoms with Crippen LogP contribution in [0.5, 0.6) is 5.75 Å². The van der Waals surface area contributed by atoms with Crippen LogP contribution < -0.4 is 4.74 Å². The Morgan fingerprint density at radius 3 is 2.50 bits per heavy atom. The summed E-state index contributed by atoms with van der Waals surface area (Å²) in [6.45, 7) is 0. The number of rotatable bonds is 3. The van der Waals surface area contributed by atoms with Gasteiger partial charge in [-0.3, -0.25) is 4.79 Å². The van der Waals surface area contributed by atoms with Crippen molar-refractivity contribution >= 4 is 45.3 Å². The molecule has 0 bridgehead atoms. The molecule has 0 radical (unpaired) electrons. The molecule has 1 heterocycles. The van der Waals surface area contributed by atoms with Gasteiger partial charge in [-0.15, -0.1) is 13.2 Å². The topological polar surface area (TPSA) is 82.3 Å². The van der Waals surface area contributed by atoms with Crippen LogP contribution in [0.1, 0.15) is 10.4 Å². The second-order valence-electron chi connectivity index (χ2n) is 2.73. The molecule has 0 aliphatic heterocycles. The fourth-order valence-corrected chi connectivity index (χ4v) is 1.73. The average molecular weight is 396 g/mol. The molecule has 1 aromatic rings. The smallest absolute Gasteiger partial charge is 0.400 e. The average Bonchev–Trinajstić information content (AvgIpc) is 2.18. The molecule has 0 fully saturated rings. The van der Waals surface area contributed by atoms with E-state index in [1.165, 1.54) is 22.6 Å². The molecule has 0 aliphatic rings. The van der Waals surface area contributed by atoms with Gasteiger partial charge in [-0.2, -0.15) is 0 Å². The van der Waals surface area contributed by atoms with Gasteiger partial charge in [-0.25, -0.2) is 0 Å². The number of pyridine rings is 1. The van der Waals surface area contributed by atoms with E-state index in [4.69, 9.17) is 11.6 Å². The molecule has 0 amide bonds. The van der Waals surface area contributed by atoms with Gasteiger partial charge in [0.1, 0.15) is 0 Å². The highest BCUT2D eigenvalue weighted by atomic mass is 127. The van der Waals surface area contributed by atoms with E-state index >= 15 is 0 Å². The number of carbonyl (C=O) groups is 1. The van der Waals surface area contributed by atoms with Gasteiger partial charge in [0.2, 0.25) is 0 Å². The van der Waals surface area contributed by atoms with E-state index < -0.39 is 37.4 Å². The van der Waals surface area contributed by atoms with Gasteiger partial charge in [0.15, 0.2) is 5.75 Å². The molecule has 0 N–H and O–H groups in total. The summed E-state index contributed by atoms with van der Waals surface area (Å²) < 4.78 is 39.3. The van der Waals surface area contributed by atoms with Crippen molar-refractivity contribution in [3.63, 3.8) is 0 Å². The summed E-state index contributed by atoms with van der Waals surface area (Å²) in [5.74, 6) is -1.77. The third kappa shape index (κ3) is 3.66. The monoisotopic (exact) mass is 396 g/mol. The van der Waals surface area contributed by atoms with Crippen molar-refractivity contribution in [3.05, 3.63) is 25.4 Å². The minimum absolute atomic E-state index is 0.497. The molecule has 6 nitrogen and oxygen atoms in total. The number of ether oxygens (including phenoxy) is 1. The highest BCUT2D eigenvalue weighted by Gasteiger charge is 2.36. The Hall–Kier alpha value is -1.17. The van der Waals surface area contributed by atoms with Crippen molar-refractivity contribution in [1.82, 2.24) is 4.98 Å². The van der Waals surface area contributed by atoms with Crippen molar-refractivity contribution in [2.45, 2.75) is 6.36 Å². The van der Waals surface area contributed by atoms with E-state index in [1.807, 2.05) is 0 Å². The lowest BCUT2D eigenvalue weighted by atomic mass is 10.2. The number of nitro groups is 1. The third-order valence-corrected chi connectivity index (χ3v) is 2.47. The molecule has 11 heteroatoms. The Morgan fingerprint density at radius 2 is 2.11 bits per heavy atom. The Bertz CT molecular complexity index is 522.